The molecule has 2 rings (SSSR count). The first-order chi connectivity index (χ1) is 8.26. The van der Waals surface area contributed by atoms with Crippen molar-refractivity contribution >= 4 is 6.29 Å². The SMILES string of the molecule is CCCc1nccn1-c1ccc(C=O)cc1F. The number of carbonyl (C=O) groups is 1. The van der Waals surface area contributed by atoms with Crippen LogP contribution in [0.15, 0.2) is 30.6 Å². The predicted molar refractivity (Wildman–Crippen MR) is 62.9 cm³/mol. The van der Waals surface area contributed by atoms with Gasteiger partial charge in [-0.05, 0) is 24.6 Å². The summed E-state index contributed by atoms with van der Waals surface area (Å²) in [5.41, 5.74) is 0.764. The third-order valence-electron chi connectivity index (χ3n) is 2.56. The Labute approximate surface area is 98.9 Å². The summed E-state index contributed by atoms with van der Waals surface area (Å²) < 4.78 is 15.5. The molecule has 0 bridgehead atoms. The van der Waals surface area contributed by atoms with E-state index in [1.807, 2.05) is 6.92 Å². The van der Waals surface area contributed by atoms with Gasteiger partial charge in [0.15, 0.2) is 0 Å². The first-order valence-corrected chi connectivity index (χ1v) is 5.53. The van der Waals surface area contributed by atoms with Crippen molar-refractivity contribution in [2.75, 3.05) is 0 Å². The van der Waals surface area contributed by atoms with Crippen molar-refractivity contribution in [1.29, 1.82) is 0 Å². The highest BCUT2D eigenvalue weighted by Crippen LogP contribution is 2.17. The molecular weight excluding hydrogens is 219 g/mol. The van der Waals surface area contributed by atoms with Crippen molar-refractivity contribution in [3.05, 3.63) is 47.8 Å². The van der Waals surface area contributed by atoms with Crippen molar-refractivity contribution in [2.24, 2.45) is 0 Å². The van der Waals surface area contributed by atoms with Gasteiger partial charge >= 0.3 is 0 Å². The Morgan fingerprint density at radius 3 is 2.94 bits per heavy atom. The number of halogens is 1. The number of nitrogens with zero attached hydrogens (tertiary/aromatic N) is 2. The van der Waals surface area contributed by atoms with E-state index in [4.69, 9.17) is 0 Å². The lowest BCUT2D eigenvalue weighted by Crippen LogP contribution is -2.03. The Bertz CT molecular complexity index is 534. The monoisotopic (exact) mass is 232 g/mol. The Balaban J connectivity index is 2.45. The van der Waals surface area contributed by atoms with Gasteiger partial charge in [-0.1, -0.05) is 6.92 Å². The standard InChI is InChI=1S/C13H13FN2O/c1-2-3-13-15-6-7-16(13)12-5-4-10(9-17)8-11(12)14/h4-9H,2-3H2,1H3. The van der Waals surface area contributed by atoms with Gasteiger partial charge in [0.25, 0.3) is 0 Å². The highest BCUT2D eigenvalue weighted by molar-refractivity contribution is 5.75. The van der Waals surface area contributed by atoms with Gasteiger partial charge < -0.3 is 4.57 Å². The first kappa shape index (κ1) is 11.5. The first-order valence-electron chi connectivity index (χ1n) is 5.53. The van der Waals surface area contributed by atoms with Crippen LogP contribution in [0.3, 0.4) is 0 Å². The molecule has 0 atom stereocenters. The van der Waals surface area contributed by atoms with Gasteiger partial charge in [-0.3, -0.25) is 4.79 Å². The van der Waals surface area contributed by atoms with Crippen LogP contribution < -0.4 is 0 Å². The van der Waals surface area contributed by atoms with Crippen LogP contribution in [0, 0.1) is 5.82 Å². The maximum atomic E-state index is 13.8. The van der Waals surface area contributed by atoms with E-state index in [0.29, 0.717) is 17.5 Å². The van der Waals surface area contributed by atoms with Crippen molar-refractivity contribution < 1.29 is 9.18 Å². The molecule has 0 saturated heterocycles. The quantitative estimate of drug-likeness (QED) is 0.760. The van der Waals surface area contributed by atoms with Crippen molar-refractivity contribution in [3.63, 3.8) is 0 Å². The molecule has 0 spiro atoms. The van der Waals surface area contributed by atoms with Crippen LogP contribution in [-0.4, -0.2) is 15.8 Å². The molecule has 3 nitrogen and oxygen atoms in total. The molecule has 0 fully saturated rings. The van der Waals surface area contributed by atoms with Gasteiger partial charge in [-0.25, -0.2) is 9.37 Å². The molecule has 0 saturated carbocycles. The third-order valence-corrected chi connectivity index (χ3v) is 2.56. The summed E-state index contributed by atoms with van der Waals surface area (Å²) in [5.74, 6) is 0.412. The molecule has 88 valence electrons. The molecule has 4 heteroatoms. The van der Waals surface area contributed by atoms with Crippen LogP contribution in [0.4, 0.5) is 4.39 Å². The van der Waals surface area contributed by atoms with Crippen LogP contribution in [0.1, 0.15) is 29.5 Å². The number of imidazole rings is 1. The topological polar surface area (TPSA) is 34.9 Å². The van der Waals surface area contributed by atoms with Gasteiger partial charge in [-0.2, -0.15) is 0 Å². The molecule has 0 aliphatic rings. The van der Waals surface area contributed by atoms with Gasteiger partial charge in [0.05, 0.1) is 5.69 Å². The van der Waals surface area contributed by atoms with Gasteiger partial charge in [-0.15, -0.1) is 0 Å². The van der Waals surface area contributed by atoms with Crippen LogP contribution >= 0.6 is 0 Å². The molecule has 1 aromatic heterocycles. The summed E-state index contributed by atoms with van der Waals surface area (Å²) in [6.07, 6.45) is 5.75. The van der Waals surface area contributed by atoms with E-state index in [9.17, 15) is 9.18 Å². The molecule has 0 N–H and O–H groups in total. The van der Waals surface area contributed by atoms with Crippen molar-refractivity contribution in [2.45, 2.75) is 19.8 Å². The largest absolute Gasteiger partial charge is 0.301 e. The Hall–Kier alpha value is -1.97. The number of aromatic nitrogens is 2. The molecule has 0 unspecified atom stereocenters. The highest BCUT2D eigenvalue weighted by Gasteiger charge is 2.09. The van der Waals surface area contributed by atoms with E-state index in [1.165, 1.54) is 6.07 Å². The van der Waals surface area contributed by atoms with Crippen molar-refractivity contribution in [3.8, 4) is 5.69 Å². The number of aryl methyl sites for hydroxylation is 1. The van der Waals surface area contributed by atoms with Crippen LogP contribution in [0.25, 0.3) is 5.69 Å². The predicted octanol–water partition coefficient (Wildman–Crippen LogP) is 2.78. The zero-order valence-corrected chi connectivity index (χ0v) is 9.56. The summed E-state index contributed by atoms with van der Waals surface area (Å²) in [5, 5.41) is 0. The van der Waals surface area contributed by atoms with Crippen molar-refractivity contribution in [1.82, 2.24) is 9.55 Å². The summed E-state index contributed by atoms with van der Waals surface area (Å²) in [7, 11) is 0. The highest BCUT2D eigenvalue weighted by atomic mass is 19.1. The average molecular weight is 232 g/mol. The summed E-state index contributed by atoms with van der Waals surface area (Å²) in [4.78, 5) is 14.7. The lowest BCUT2D eigenvalue weighted by molar-refractivity contribution is 0.112. The minimum atomic E-state index is -0.412. The number of carbonyl (C=O) groups excluding carboxylic acids is 1. The zero-order chi connectivity index (χ0) is 12.3. The molecule has 0 aliphatic heterocycles. The second-order valence-corrected chi connectivity index (χ2v) is 3.79. The second-order valence-electron chi connectivity index (χ2n) is 3.79. The lowest BCUT2D eigenvalue weighted by atomic mass is 10.2. The fourth-order valence-corrected chi connectivity index (χ4v) is 1.75. The normalized spacial score (nSPS) is 10.5. The Morgan fingerprint density at radius 2 is 2.29 bits per heavy atom. The second kappa shape index (κ2) is 4.91. The fourth-order valence-electron chi connectivity index (χ4n) is 1.75. The molecule has 1 aromatic carbocycles. The molecule has 0 radical (unpaired) electrons. The number of rotatable bonds is 4. The van der Waals surface area contributed by atoms with E-state index < -0.39 is 5.82 Å². The minimum Gasteiger partial charge on any atom is -0.301 e. The van der Waals surface area contributed by atoms with E-state index >= 15 is 0 Å². The van der Waals surface area contributed by atoms with E-state index in [1.54, 1.807) is 29.1 Å². The van der Waals surface area contributed by atoms with Gasteiger partial charge in [0.2, 0.25) is 0 Å². The van der Waals surface area contributed by atoms with Gasteiger partial charge in [0, 0.05) is 24.4 Å². The summed E-state index contributed by atoms with van der Waals surface area (Å²) >= 11 is 0. The van der Waals surface area contributed by atoms with Crippen LogP contribution in [0.5, 0.6) is 0 Å². The average Bonchev–Trinajstić information content (AvgIpc) is 2.77. The van der Waals surface area contributed by atoms with E-state index in [-0.39, 0.29) is 0 Å². The molecule has 2 aromatic rings. The summed E-state index contributed by atoms with van der Waals surface area (Å²) in [6.45, 7) is 2.05. The third kappa shape index (κ3) is 2.25. The molecule has 1 heterocycles. The number of hydrogen-bond donors (Lipinski definition) is 0. The van der Waals surface area contributed by atoms with Crippen LogP contribution in [-0.2, 0) is 6.42 Å². The summed E-state index contributed by atoms with van der Waals surface area (Å²) in [6, 6.07) is 4.43. The van der Waals surface area contributed by atoms with E-state index in [2.05, 4.69) is 4.98 Å². The number of benzene rings is 1. The number of hydrogen-bond acceptors (Lipinski definition) is 2. The Morgan fingerprint density at radius 1 is 1.47 bits per heavy atom. The molecule has 0 aliphatic carbocycles. The number of aldehydes is 1. The fraction of sp³-hybridized carbons (Fsp3) is 0.231. The van der Waals surface area contributed by atoms with Crippen LogP contribution in [0.2, 0.25) is 0 Å². The maximum Gasteiger partial charge on any atom is 0.150 e. The molecule has 17 heavy (non-hydrogen) atoms. The van der Waals surface area contributed by atoms with E-state index in [0.717, 1.165) is 18.7 Å². The maximum absolute atomic E-state index is 13.8. The smallest absolute Gasteiger partial charge is 0.150 e. The minimum absolute atomic E-state index is 0.336. The zero-order valence-electron chi connectivity index (χ0n) is 9.56. The lowest BCUT2D eigenvalue weighted by Gasteiger charge is -2.08. The molecule has 0 amide bonds. The molecular formula is C13H13FN2O. The van der Waals surface area contributed by atoms with Gasteiger partial charge in [0.1, 0.15) is 17.9 Å². The Kier molecular flexibility index (Phi) is 3.32.